The molecule has 1 aromatic heterocycles. The second kappa shape index (κ2) is 11.7. The van der Waals surface area contributed by atoms with Crippen molar-refractivity contribution in [1.82, 2.24) is 20.1 Å². The number of nitrogens with one attached hydrogen (secondary N) is 1. The predicted molar refractivity (Wildman–Crippen MR) is 149 cm³/mol. The molecule has 10 nitrogen and oxygen atoms in total. The first kappa shape index (κ1) is 26.9. The van der Waals surface area contributed by atoms with Crippen LogP contribution in [-0.4, -0.2) is 78.6 Å². The Morgan fingerprint density at radius 1 is 0.902 bits per heavy atom. The number of nitrogens with zero attached hydrogens (tertiary/aromatic N) is 3. The van der Waals surface area contributed by atoms with E-state index in [0.29, 0.717) is 60.5 Å². The van der Waals surface area contributed by atoms with Gasteiger partial charge in [0.05, 0.1) is 17.5 Å². The van der Waals surface area contributed by atoms with Crippen molar-refractivity contribution in [3.05, 3.63) is 82.6 Å². The molecule has 1 N–H and O–H groups in total. The number of likely N-dealkylation sites (tertiary alicyclic amines) is 1. The van der Waals surface area contributed by atoms with Crippen molar-refractivity contribution in [2.75, 3.05) is 46.1 Å². The molecular formula is C30H29ClN4O6. The molecule has 3 amide bonds. The molecule has 4 heterocycles. The summed E-state index contributed by atoms with van der Waals surface area (Å²) >= 11 is 5.94. The van der Waals surface area contributed by atoms with Gasteiger partial charge in [0.2, 0.25) is 12.7 Å². The summed E-state index contributed by atoms with van der Waals surface area (Å²) in [6.45, 7) is 2.17. The zero-order valence-corrected chi connectivity index (χ0v) is 23.0. The minimum Gasteiger partial charge on any atom is -0.494 e. The number of hydrogen-bond acceptors (Lipinski definition) is 7. The number of carbonyl (C=O) groups excluding carboxylic acids is 3. The normalized spacial score (nSPS) is 20.5. The molecule has 2 bridgehead atoms. The number of pyridine rings is 1. The molecule has 6 rings (SSSR count). The largest absolute Gasteiger partial charge is 0.494 e. The van der Waals surface area contributed by atoms with Crippen LogP contribution in [0.4, 0.5) is 0 Å². The van der Waals surface area contributed by atoms with Crippen molar-refractivity contribution < 1.29 is 28.6 Å². The maximum absolute atomic E-state index is 13.6. The van der Waals surface area contributed by atoms with Gasteiger partial charge in [-0.2, -0.15) is 0 Å². The minimum absolute atomic E-state index is 0.124. The van der Waals surface area contributed by atoms with Gasteiger partial charge in [-0.25, -0.2) is 4.98 Å². The fourth-order valence-electron chi connectivity index (χ4n) is 5.49. The number of benzene rings is 2. The van der Waals surface area contributed by atoms with E-state index in [1.54, 1.807) is 40.1 Å². The number of carbonyl (C=O) groups is 3. The molecule has 41 heavy (non-hydrogen) atoms. The molecule has 0 aliphatic carbocycles. The first-order chi connectivity index (χ1) is 20.0. The summed E-state index contributed by atoms with van der Waals surface area (Å²) in [4.78, 5) is 47.8. The Morgan fingerprint density at radius 3 is 2.61 bits per heavy atom. The second-order valence-corrected chi connectivity index (χ2v) is 10.6. The van der Waals surface area contributed by atoms with Crippen molar-refractivity contribution in [1.29, 1.82) is 0 Å². The van der Waals surface area contributed by atoms with E-state index >= 15 is 0 Å². The number of fused-ring (bicyclic) bond motifs is 5. The third kappa shape index (κ3) is 5.78. The van der Waals surface area contributed by atoms with Gasteiger partial charge in [-0.1, -0.05) is 23.7 Å². The Bertz CT molecular complexity index is 1470. The van der Waals surface area contributed by atoms with Crippen molar-refractivity contribution in [3.8, 4) is 17.2 Å². The topological polar surface area (TPSA) is 110 Å². The molecule has 2 atom stereocenters. The summed E-state index contributed by atoms with van der Waals surface area (Å²) in [5.74, 6) is 0.512. The third-order valence-corrected chi connectivity index (χ3v) is 7.83. The molecule has 3 aromatic rings. The number of halogens is 1. The molecule has 0 spiro atoms. The maximum Gasteiger partial charge on any atom is 0.272 e. The van der Waals surface area contributed by atoms with Crippen LogP contribution in [0.25, 0.3) is 0 Å². The molecule has 3 aliphatic heterocycles. The number of rotatable bonds is 2. The van der Waals surface area contributed by atoms with E-state index in [9.17, 15) is 14.4 Å². The first-order valence-electron chi connectivity index (χ1n) is 13.6. The highest BCUT2D eigenvalue weighted by Gasteiger charge is 2.41. The quantitative estimate of drug-likeness (QED) is 0.498. The lowest BCUT2D eigenvalue weighted by Crippen LogP contribution is -2.42. The molecule has 1 saturated heterocycles. The lowest BCUT2D eigenvalue weighted by Gasteiger charge is -2.24. The Morgan fingerprint density at radius 2 is 1.76 bits per heavy atom. The van der Waals surface area contributed by atoms with Crippen molar-refractivity contribution in [3.63, 3.8) is 0 Å². The standard InChI is InChI=1S/C30H29ClN4O6/c31-21-6-7-25(33-15-21)30(38)34-10-2-12-39-22-4-1-3-19(13-22)23-16-35(17-24(23)28(36)32-9-11-34)29(37)20-5-8-26-27(14-20)41-18-40-26/h1,3-8,13-15,23-24H,2,9-12,16-18H2,(H,32,36)/t23-,24+/m1/s1. The number of ether oxygens (including phenoxy) is 3. The molecule has 11 heteroatoms. The van der Waals surface area contributed by atoms with Gasteiger partial charge in [-0.15, -0.1) is 0 Å². The van der Waals surface area contributed by atoms with Crippen molar-refractivity contribution in [2.45, 2.75) is 12.3 Å². The van der Waals surface area contributed by atoms with Gasteiger partial charge in [0.15, 0.2) is 11.5 Å². The lowest BCUT2D eigenvalue weighted by molar-refractivity contribution is -0.125. The third-order valence-electron chi connectivity index (χ3n) is 7.61. The van der Waals surface area contributed by atoms with E-state index in [2.05, 4.69) is 10.3 Å². The van der Waals surface area contributed by atoms with Crippen molar-refractivity contribution in [2.24, 2.45) is 5.92 Å². The molecule has 1 fully saturated rings. The summed E-state index contributed by atoms with van der Waals surface area (Å²) < 4.78 is 16.8. The van der Waals surface area contributed by atoms with E-state index < -0.39 is 5.92 Å². The van der Waals surface area contributed by atoms with Gasteiger partial charge in [0, 0.05) is 50.4 Å². The predicted octanol–water partition coefficient (Wildman–Crippen LogP) is 3.36. The highest BCUT2D eigenvalue weighted by molar-refractivity contribution is 6.30. The molecule has 3 aliphatic rings. The van der Waals surface area contributed by atoms with Crippen LogP contribution >= 0.6 is 11.6 Å². The second-order valence-electron chi connectivity index (χ2n) is 10.2. The summed E-state index contributed by atoms with van der Waals surface area (Å²) in [5, 5.41) is 3.46. The minimum atomic E-state index is -0.478. The molecule has 0 saturated carbocycles. The number of amides is 3. The average Bonchev–Trinajstić information content (AvgIpc) is 3.65. The summed E-state index contributed by atoms with van der Waals surface area (Å²) in [5.41, 5.74) is 1.69. The fraction of sp³-hybridized carbons (Fsp3) is 0.333. The Kier molecular flexibility index (Phi) is 7.65. The van der Waals surface area contributed by atoms with Crippen LogP contribution in [0.15, 0.2) is 60.8 Å². The van der Waals surface area contributed by atoms with Crippen LogP contribution in [0.1, 0.15) is 38.7 Å². The molecule has 0 unspecified atom stereocenters. The Labute approximate surface area is 242 Å². The number of aromatic nitrogens is 1. The van der Waals surface area contributed by atoms with Crippen LogP contribution < -0.4 is 19.5 Å². The summed E-state index contributed by atoms with van der Waals surface area (Å²) in [7, 11) is 0. The first-order valence-corrected chi connectivity index (χ1v) is 13.9. The van der Waals surface area contributed by atoms with Crippen LogP contribution in [0.5, 0.6) is 17.2 Å². The highest BCUT2D eigenvalue weighted by atomic mass is 35.5. The summed E-state index contributed by atoms with van der Waals surface area (Å²) in [6.07, 6.45) is 2.04. The van der Waals surface area contributed by atoms with Gasteiger partial charge in [0.1, 0.15) is 11.4 Å². The van der Waals surface area contributed by atoms with Gasteiger partial charge in [0.25, 0.3) is 11.8 Å². The lowest BCUT2D eigenvalue weighted by atomic mass is 9.88. The Balaban J connectivity index is 1.22. The van der Waals surface area contributed by atoms with Crippen molar-refractivity contribution >= 4 is 29.3 Å². The van der Waals surface area contributed by atoms with E-state index in [1.807, 2.05) is 24.3 Å². The highest BCUT2D eigenvalue weighted by Crippen LogP contribution is 2.37. The molecular weight excluding hydrogens is 548 g/mol. The zero-order valence-electron chi connectivity index (χ0n) is 22.3. The zero-order chi connectivity index (χ0) is 28.3. The van der Waals surface area contributed by atoms with Crippen LogP contribution in [0.3, 0.4) is 0 Å². The average molecular weight is 577 g/mol. The van der Waals surface area contributed by atoms with Gasteiger partial charge >= 0.3 is 0 Å². The van der Waals surface area contributed by atoms with Crippen LogP contribution in [-0.2, 0) is 4.79 Å². The SMILES string of the molecule is O=C1NCCN(C(=O)c2ccc(Cl)cn2)CCCOc2cccc(c2)[C@H]2CN(C(=O)c3ccc4c(c3)OCO4)C[C@H]12. The Hall–Kier alpha value is -4.31. The van der Waals surface area contributed by atoms with E-state index in [-0.39, 0.29) is 49.2 Å². The smallest absolute Gasteiger partial charge is 0.272 e. The number of hydrogen-bond donors (Lipinski definition) is 1. The van der Waals surface area contributed by atoms with Crippen LogP contribution in [0.2, 0.25) is 5.02 Å². The fourth-order valence-corrected chi connectivity index (χ4v) is 5.60. The molecule has 2 aromatic carbocycles. The monoisotopic (exact) mass is 576 g/mol. The van der Waals surface area contributed by atoms with E-state index in [0.717, 1.165) is 5.56 Å². The van der Waals surface area contributed by atoms with Gasteiger partial charge < -0.3 is 29.3 Å². The maximum atomic E-state index is 13.6. The van der Waals surface area contributed by atoms with Gasteiger partial charge in [-0.05, 0) is 54.4 Å². The summed E-state index contributed by atoms with van der Waals surface area (Å²) in [6, 6.07) is 16.0. The van der Waals surface area contributed by atoms with E-state index in [4.69, 9.17) is 25.8 Å². The van der Waals surface area contributed by atoms with E-state index in [1.165, 1.54) is 6.20 Å². The molecule has 212 valence electrons. The molecule has 0 radical (unpaired) electrons. The van der Waals surface area contributed by atoms with Crippen LogP contribution in [0, 0.1) is 5.92 Å². The van der Waals surface area contributed by atoms with Gasteiger partial charge in [-0.3, -0.25) is 14.4 Å².